The second-order valence-corrected chi connectivity index (χ2v) is 7.66. The van der Waals surface area contributed by atoms with Crippen LogP contribution in [-0.4, -0.2) is 36.5 Å². The number of thioether (sulfide) groups is 1. The summed E-state index contributed by atoms with van der Waals surface area (Å²) in [7, 11) is 3.09. The standard InChI is InChI=1S/C19H18ClNO5S/c1-25-14-5-3-4-11(17(14)26-2)18-12-8-10(20)6-7-13(12)21-19(24)15(27-18)9-16(22)23/h3-8,15,18H,9H2,1-2H3,(H,21,24)(H,22,23). The van der Waals surface area contributed by atoms with Crippen LogP contribution in [0.1, 0.15) is 22.8 Å². The summed E-state index contributed by atoms with van der Waals surface area (Å²) in [5, 5.41) is 11.4. The van der Waals surface area contributed by atoms with Gasteiger partial charge < -0.3 is 19.9 Å². The molecule has 8 heteroatoms. The lowest BCUT2D eigenvalue weighted by atomic mass is 10.0. The van der Waals surface area contributed by atoms with E-state index >= 15 is 0 Å². The molecule has 0 spiro atoms. The van der Waals surface area contributed by atoms with Crippen LogP contribution in [0.2, 0.25) is 5.02 Å². The van der Waals surface area contributed by atoms with Gasteiger partial charge in [-0.3, -0.25) is 9.59 Å². The number of methoxy groups -OCH3 is 2. The Balaban J connectivity index is 2.18. The van der Waals surface area contributed by atoms with Crippen LogP contribution in [-0.2, 0) is 9.59 Å². The molecular formula is C19H18ClNO5S. The number of nitrogens with one attached hydrogen (secondary N) is 1. The first-order valence-electron chi connectivity index (χ1n) is 8.13. The summed E-state index contributed by atoms with van der Waals surface area (Å²) in [5.74, 6) is -0.303. The zero-order chi connectivity index (χ0) is 19.6. The van der Waals surface area contributed by atoms with Crippen molar-refractivity contribution >= 4 is 40.9 Å². The van der Waals surface area contributed by atoms with Gasteiger partial charge in [-0.05, 0) is 29.8 Å². The first-order valence-corrected chi connectivity index (χ1v) is 9.45. The van der Waals surface area contributed by atoms with Gasteiger partial charge in [-0.25, -0.2) is 0 Å². The van der Waals surface area contributed by atoms with Gasteiger partial charge in [0.1, 0.15) is 0 Å². The number of para-hydroxylation sites is 1. The molecule has 142 valence electrons. The number of carboxylic acids is 1. The molecule has 0 saturated carbocycles. The Bertz CT molecular complexity index is 888. The van der Waals surface area contributed by atoms with Crippen molar-refractivity contribution in [3.8, 4) is 11.5 Å². The number of carbonyl (C=O) groups excluding carboxylic acids is 1. The van der Waals surface area contributed by atoms with E-state index in [9.17, 15) is 14.7 Å². The van der Waals surface area contributed by atoms with Crippen LogP contribution in [0.25, 0.3) is 0 Å². The van der Waals surface area contributed by atoms with Crippen molar-refractivity contribution in [3.63, 3.8) is 0 Å². The molecule has 1 heterocycles. The Morgan fingerprint density at radius 1 is 1.22 bits per heavy atom. The third-order valence-corrected chi connectivity index (χ3v) is 5.95. The van der Waals surface area contributed by atoms with E-state index in [1.807, 2.05) is 12.1 Å². The van der Waals surface area contributed by atoms with E-state index in [0.717, 1.165) is 11.1 Å². The molecule has 0 fully saturated rings. The van der Waals surface area contributed by atoms with Crippen molar-refractivity contribution in [2.45, 2.75) is 16.9 Å². The molecule has 0 aliphatic carbocycles. The zero-order valence-corrected chi connectivity index (χ0v) is 16.3. The van der Waals surface area contributed by atoms with Crippen LogP contribution >= 0.6 is 23.4 Å². The van der Waals surface area contributed by atoms with Gasteiger partial charge in [-0.1, -0.05) is 23.7 Å². The topological polar surface area (TPSA) is 84.9 Å². The summed E-state index contributed by atoms with van der Waals surface area (Å²) >= 11 is 7.45. The molecule has 1 aliphatic rings. The van der Waals surface area contributed by atoms with E-state index < -0.39 is 11.2 Å². The molecule has 0 radical (unpaired) electrons. The van der Waals surface area contributed by atoms with Crippen LogP contribution in [0.15, 0.2) is 36.4 Å². The number of rotatable bonds is 5. The molecule has 2 N–H and O–H groups in total. The number of hydrogen-bond acceptors (Lipinski definition) is 5. The summed E-state index contributed by atoms with van der Waals surface area (Å²) in [4.78, 5) is 23.8. The molecule has 2 aromatic carbocycles. The van der Waals surface area contributed by atoms with Crippen molar-refractivity contribution in [3.05, 3.63) is 52.5 Å². The molecular weight excluding hydrogens is 390 g/mol. The van der Waals surface area contributed by atoms with E-state index in [1.54, 1.807) is 38.5 Å². The molecule has 27 heavy (non-hydrogen) atoms. The van der Waals surface area contributed by atoms with Crippen molar-refractivity contribution in [2.24, 2.45) is 0 Å². The zero-order valence-electron chi connectivity index (χ0n) is 14.7. The minimum atomic E-state index is -1.04. The number of anilines is 1. The second kappa shape index (κ2) is 8.10. The number of hydrogen-bond donors (Lipinski definition) is 2. The predicted molar refractivity (Wildman–Crippen MR) is 105 cm³/mol. The van der Waals surface area contributed by atoms with Gasteiger partial charge in [0, 0.05) is 16.3 Å². The monoisotopic (exact) mass is 407 g/mol. The minimum absolute atomic E-state index is 0.291. The number of aliphatic carboxylic acids is 1. The largest absolute Gasteiger partial charge is 0.493 e. The Morgan fingerprint density at radius 2 is 2.00 bits per heavy atom. The van der Waals surface area contributed by atoms with Crippen LogP contribution < -0.4 is 14.8 Å². The van der Waals surface area contributed by atoms with Crippen molar-refractivity contribution in [1.82, 2.24) is 0 Å². The van der Waals surface area contributed by atoms with Crippen LogP contribution in [0.4, 0.5) is 5.69 Å². The average Bonchev–Trinajstić information content (AvgIpc) is 2.77. The van der Waals surface area contributed by atoms with E-state index in [1.165, 1.54) is 11.8 Å². The lowest BCUT2D eigenvalue weighted by Crippen LogP contribution is -2.26. The fourth-order valence-corrected chi connectivity index (χ4v) is 4.64. The number of carboxylic acid groups (broad SMARTS) is 1. The molecule has 0 bridgehead atoms. The highest BCUT2D eigenvalue weighted by Crippen LogP contribution is 2.49. The molecule has 0 saturated heterocycles. The van der Waals surface area contributed by atoms with Crippen LogP contribution in [0, 0.1) is 0 Å². The number of amides is 1. The molecule has 2 atom stereocenters. The molecule has 1 amide bonds. The molecule has 2 aromatic rings. The van der Waals surface area contributed by atoms with E-state index in [2.05, 4.69) is 5.32 Å². The van der Waals surface area contributed by atoms with E-state index in [0.29, 0.717) is 22.2 Å². The third kappa shape index (κ3) is 3.99. The number of carbonyl (C=O) groups is 2. The predicted octanol–water partition coefficient (Wildman–Crippen LogP) is 3.98. The van der Waals surface area contributed by atoms with Gasteiger partial charge in [0.05, 0.1) is 31.1 Å². The molecule has 1 aliphatic heterocycles. The molecule has 0 aromatic heterocycles. The Labute approximate surface area is 165 Å². The van der Waals surface area contributed by atoms with E-state index in [4.69, 9.17) is 21.1 Å². The summed E-state index contributed by atoms with van der Waals surface area (Å²) in [6.07, 6.45) is -0.291. The highest BCUT2D eigenvalue weighted by atomic mass is 35.5. The molecule has 3 rings (SSSR count). The van der Waals surface area contributed by atoms with Crippen LogP contribution in [0.5, 0.6) is 11.5 Å². The first-order chi connectivity index (χ1) is 12.9. The quantitative estimate of drug-likeness (QED) is 0.779. The van der Waals surface area contributed by atoms with Gasteiger partial charge in [0.15, 0.2) is 11.5 Å². The van der Waals surface area contributed by atoms with Gasteiger partial charge >= 0.3 is 5.97 Å². The third-order valence-electron chi connectivity index (χ3n) is 4.22. The average molecular weight is 408 g/mol. The lowest BCUT2D eigenvalue weighted by Gasteiger charge is -2.22. The number of fused-ring (bicyclic) bond motifs is 1. The van der Waals surface area contributed by atoms with E-state index in [-0.39, 0.29) is 17.6 Å². The Morgan fingerprint density at radius 3 is 2.67 bits per heavy atom. The lowest BCUT2D eigenvalue weighted by molar-refractivity contribution is -0.138. The Kier molecular flexibility index (Phi) is 5.82. The fraction of sp³-hybridized carbons (Fsp3) is 0.263. The SMILES string of the molecule is COc1cccc(C2SC(CC(=O)O)C(=O)Nc3ccc(Cl)cc32)c1OC. The van der Waals surface area contributed by atoms with Crippen molar-refractivity contribution < 1.29 is 24.2 Å². The maximum Gasteiger partial charge on any atom is 0.305 e. The minimum Gasteiger partial charge on any atom is -0.493 e. The maximum absolute atomic E-state index is 12.6. The number of benzene rings is 2. The number of ether oxygens (including phenoxy) is 2. The fourth-order valence-electron chi connectivity index (χ4n) is 3.04. The molecule has 6 nitrogen and oxygen atoms in total. The maximum atomic E-state index is 12.6. The highest BCUT2D eigenvalue weighted by molar-refractivity contribution is 8.01. The number of halogens is 1. The Hall–Kier alpha value is -2.38. The normalized spacial score (nSPS) is 18.9. The summed E-state index contributed by atoms with van der Waals surface area (Å²) < 4.78 is 10.9. The smallest absolute Gasteiger partial charge is 0.305 e. The van der Waals surface area contributed by atoms with Gasteiger partial charge in [0.25, 0.3) is 0 Å². The molecule has 2 unspecified atom stereocenters. The second-order valence-electron chi connectivity index (χ2n) is 5.91. The first kappa shape index (κ1) is 19.4. The van der Waals surface area contributed by atoms with Crippen LogP contribution in [0.3, 0.4) is 0 Å². The van der Waals surface area contributed by atoms with Crippen molar-refractivity contribution in [2.75, 3.05) is 19.5 Å². The van der Waals surface area contributed by atoms with Gasteiger partial charge in [-0.2, -0.15) is 0 Å². The summed E-state index contributed by atoms with van der Waals surface area (Å²) in [6.45, 7) is 0. The summed E-state index contributed by atoms with van der Waals surface area (Å²) in [6, 6.07) is 10.7. The highest BCUT2D eigenvalue weighted by Gasteiger charge is 2.34. The van der Waals surface area contributed by atoms with Gasteiger partial charge in [-0.15, -0.1) is 11.8 Å². The van der Waals surface area contributed by atoms with Gasteiger partial charge in [0.2, 0.25) is 5.91 Å². The summed E-state index contributed by atoms with van der Waals surface area (Å²) in [5.41, 5.74) is 2.15. The van der Waals surface area contributed by atoms with Crippen molar-refractivity contribution in [1.29, 1.82) is 0 Å².